The average Bonchev–Trinajstić information content (AvgIpc) is 2.67. The van der Waals surface area contributed by atoms with E-state index in [2.05, 4.69) is 10.2 Å². The van der Waals surface area contributed by atoms with Crippen LogP contribution in [-0.4, -0.2) is 48.6 Å². The molecule has 0 spiro atoms. The third-order valence-corrected chi connectivity index (χ3v) is 3.01. The summed E-state index contributed by atoms with van der Waals surface area (Å²) in [7, 11) is 0. The van der Waals surface area contributed by atoms with Gasteiger partial charge in [0.1, 0.15) is 6.04 Å². The number of ether oxygens (including phenoxy) is 1. The molecule has 1 amide bonds. The van der Waals surface area contributed by atoms with E-state index in [1.54, 1.807) is 0 Å². The van der Waals surface area contributed by atoms with E-state index in [1.807, 2.05) is 13.8 Å². The standard InChI is InChI=1S/C12H22N2O3/c1-4-11(12(16)17-5-2)14-7-6-10(8-14)13-9(3)15/h10-11H,4-8H2,1-3H3,(H,13,15). The topological polar surface area (TPSA) is 58.6 Å². The molecule has 5 nitrogen and oxygen atoms in total. The molecule has 1 heterocycles. The normalized spacial score (nSPS) is 22.2. The molecule has 17 heavy (non-hydrogen) atoms. The van der Waals surface area contributed by atoms with Gasteiger partial charge in [0.05, 0.1) is 6.61 Å². The Labute approximate surface area is 102 Å². The van der Waals surface area contributed by atoms with E-state index in [9.17, 15) is 9.59 Å². The Morgan fingerprint density at radius 2 is 2.18 bits per heavy atom. The van der Waals surface area contributed by atoms with Gasteiger partial charge in [-0.3, -0.25) is 14.5 Å². The van der Waals surface area contributed by atoms with Gasteiger partial charge in [0, 0.05) is 26.1 Å². The van der Waals surface area contributed by atoms with Crippen LogP contribution in [0.3, 0.4) is 0 Å². The van der Waals surface area contributed by atoms with E-state index >= 15 is 0 Å². The maximum Gasteiger partial charge on any atom is 0.323 e. The lowest BCUT2D eigenvalue weighted by molar-refractivity contribution is -0.149. The van der Waals surface area contributed by atoms with Gasteiger partial charge in [-0.15, -0.1) is 0 Å². The van der Waals surface area contributed by atoms with E-state index in [1.165, 1.54) is 6.92 Å². The summed E-state index contributed by atoms with van der Waals surface area (Å²) < 4.78 is 5.06. The van der Waals surface area contributed by atoms with Crippen molar-refractivity contribution in [2.24, 2.45) is 0 Å². The molecule has 0 bridgehead atoms. The Bertz CT molecular complexity index is 281. The fourth-order valence-electron chi connectivity index (χ4n) is 2.29. The third kappa shape index (κ3) is 4.00. The van der Waals surface area contributed by atoms with Crippen LogP contribution in [0, 0.1) is 0 Å². The zero-order chi connectivity index (χ0) is 12.8. The molecule has 1 aliphatic heterocycles. The smallest absolute Gasteiger partial charge is 0.323 e. The van der Waals surface area contributed by atoms with Crippen molar-refractivity contribution >= 4 is 11.9 Å². The summed E-state index contributed by atoms with van der Waals surface area (Å²) in [5.41, 5.74) is 0. The Balaban J connectivity index is 2.49. The first kappa shape index (κ1) is 14.0. The highest BCUT2D eigenvalue weighted by Gasteiger charge is 2.32. The molecule has 1 fully saturated rings. The van der Waals surface area contributed by atoms with E-state index in [-0.39, 0.29) is 24.0 Å². The third-order valence-electron chi connectivity index (χ3n) is 3.01. The molecule has 2 unspecified atom stereocenters. The van der Waals surface area contributed by atoms with Crippen LogP contribution < -0.4 is 5.32 Å². The number of nitrogens with one attached hydrogen (secondary N) is 1. The number of carbonyl (C=O) groups is 2. The molecular formula is C12H22N2O3. The minimum atomic E-state index is -0.172. The Morgan fingerprint density at radius 1 is 1.47 bits per heavy atom. The zero-order valence-corrected chi connectivity index (χ0v) is 10.9. The van der Waals surface area contributed by atoms with E-state index in [0.29, 0.717) is 6.61 Å². The number of hydrogen-bond donors (Lipinski definition) is 1. The lowest BCUT2D eigenvalue weighted by Gasteiger charge is -2.24. The molecular weight excluding hydrogens is 220 g/mol. The summed E-state index contributed by atoms with van der Waals surface area (Å²) in [5, 5.41) is 2.89. The van der Waals surface area contributed by atoms with Gasteiger partial charge in [-0.1, -0.05) is 6.92 Å². The zero-order valence-electron chi connectivity index (χ0n) is 10.9. The molecule has 2 atom stereocenters. The van der Waals surface area contributed by atoms with Gasteiger partial charge in [-0.05, 0) is 19.8 Å². The number of rotatable bonds is 5. The molecule has 98 valence electrons. The minimum absolute atomic E-state index is 0.0129. The number of hydrogen-bond acceptors (Lipinski definition) is 4. The van der Waals surface area contributed by atoms with Crippen molar-refractivity contribution in [3.63, 3.8) is 0 Å². The maximum absolute atomic E-state index is 11.7. The molecule has 1 aliphatic rings. The predicted molar refractivity (Wildman–Crippen MR) is 64.5 cm³/mol. The Hall–Kier alpha value is -1.10. The predicted octanol–water partition coefficient (Wildman–Crippen LogP) is 0.539. The monoisotopic (exact) mass is 242 g/mol. The molecule has 0 saturated carbocycles. The summed E-state index contributed by atoms with van der Waals surface area (Å²) in [6, 6.07) is -0.00955. The summed E-state index contributed by atoms with van der Waals surface area (Å²) in [6.45, 7) is 7.30. The first-order valence-electron chi connectivity index (χ1n) is 6.26. The van der Waals surface area contributed by atoms with Crippen LogP contribution in [0.2, 0.25) is 0 Å². The average molecular weight is 242 g/mol. The first-order valence-corrected chi connectivity index (χ1v) is 6.26. The van der Waals surface area contributed by atoms with Crippen LogP contribution in [0.4, 0.5) is 0 Å². The molecule has 0 aliphatic carbocycles. The lowest BCUT2D eigenvalue weighted by Crippen LogP contribution is -2.43. The lowest BCUT2D eigenvalue weighted by atomic mass is 10.2. The molecule has 1 saturated heterocycles. The largest absolute Gasteiger partial charge is 0.465 e. The summed E-state index contributed by atoms with van der Waals surface area (Å²) in [6.07, 6.45) is 1.64. The molecule has 0 aromatic heterocycles. The number of amides is 1. The van der Waals surface area contributed by atoms with Crippen molar-refractivity contribution in [1.82, 2.24) is 10.2 Å². The van der Waals surface area contributed by atoms with E-state index in [4.69, 9.17) is 4.74 Å². The van der Waals surface area contributed by atoms with Crippen molar-refractivity contribution in [3.05, 3.63) is 0 Å². The van der Waals surface area contributed by atoms with Crippen molar-refractivity contribution in [3.8, 4) is 0 Å². The van der Waals surface area contributed by atoms with Crippen LogP contribution in [0.15, 0.2) is 0 Å². The van der Waals surface area contributed by atoms with Gasteiger partial charge in [0.25, 0.3) is 0 Å². The second-order valence-electron chi connectivity index (χ2n) is 4.36. The van der Waals surface area contributed by atoms with Crippen molar-refractivity contribution in [1.29, 1.82) is 0 Å². The van der Waals surface area contributed by atoms with Crippen LogP contribution in [0.1, 0.15) is 33.6 Å². The van der Waals surface area contributed by atoms with Gasteiger partial charge in [-0.25, -0.2) is 0 Å². The highest BCUT2D eigenvalue weighted by Crippen LogP contribution is 2.16. The Morgan fingerprint density at radius 3 is 2.71 bits per heavy atom. The number of nitrogens with zero attached hydrogens (tertiary/aromatic N) is 1. The van der Waals surface area contributed by atoms with Crippen LogP contribution in [0.5, 0.6) is 0 Å². The van der Waals surface area contributed by atoms with Gasteiger partial charge in [0.2, 0.25) is 5.91 Å². The maximum atomic E-state index is 11.7. The second kappa shape index (κ2) is 6.59. The number of likely N-dealkylation sites (tertiary alicyclic amines) is 1. The molecule has 0 radical (unpaired) electrons. The summed E-state index contributed by atoms with van der Waals surface area (Å²) >= 11 is 0. The Kier molecular flexibility index (Phi) is 5.41. The highest BCUT2D eigenvalue weighted by atomic mass is 16.5. The molecule has 1 N–H and O–H groups in total. The minimum Gasteiger partial charge on any atom is -0.465 e. The van der Waals surface area contributed by atoms with Crippen molar-refractivity contribution < 1.29 is 14.3 Å². The molecule has 0 aromatic rings. The van der Waals surface area contributed by atoms with Crippen LogP contribution in [-0.2, 0) is 14.3 Å². The molecule has 0 aromatic carbocycles. The van der Waals surface area contributed by atoms with Crippen LogP contribution in [0.25, 0.3) is 0 Å². The van der Waals surface area contributed by atoms with E-state index in [0.717, 1.165) is 25.9 Å². The van der Waals surface area contributed by atoms with Crippen molar-refractivity contribution in [2.75, 3.05) is 19.7 Å². The van der Waals surface area contributed by atoms with Gasteiger partial charge >= 0.3 is 5.97 Å². The van der Waals surface area contributed by atoms with E-state index < -0.39 is 0 Å². The highest BCUT2D eigenvalue weighted by molar-refractivity contribution is 5.76. The van der Waals surface area contributed by atoms with Crippen LogP contribution >= 0.6 is 0 Å². The molecule has 1 rings (SSSR count). The summed E-state index contributed by atoms with van der Waals surface area (Å²) in [4.78, 5) is 24.8. The summed E-state index contributed by atoms with van der Waals surface area (Å²) in [5.74, 6) is -0.167. The second-order valence-corrected chi connectivity index (χ2v) is 4.36. The van der Waals surface area contributed by atoms with Crippen molar-refractivity contribution in [2.45, 2.75) is 45.7 Å². The van der Waals surface area contributed by atoms with Gasteiger partial charge in [-0.2, -0.15) is 0 Å². The first-order chi connectivity index (χ1) is 8.08. The number of carbonyl (C=O) groups excluding carboxylic acids is 2. The fourth-order valence-corrected chi connectivity index (χ4v) is 2.29. The fraction of sp³-hybridized carbons (Fsp3) is 0.833. The number of esters is 1. The van der Waals surface area contributed by atoms with Gasteiger partial charge < -0.3 is 10.1 Å². The van der Waals surface area contributed by atoms with Gasteiger partial charge in [0.15, 0.2) is 0 Å². The quantitative estimate of drug-likeness (QED) is 0.715. The molecule has 5 heteroatoms. The SMILES string of the molecule is CCOC(=O)C(CC)N1CCC(NC(C)=O)C1.